The molecule has 1 aliphatic rings. The summed E-state index contributed by atoms with van der Waals surface area (Å²) in [5.74, 6) is 0.798. The van der Waals surface area contributed by atoms with Crippen molar-refractivity contribution < 1.29 is 4.79 Å². The summed E-state index contributed by atoms with van der Waals surface area (Å²) in [6.07, 6.45) is 2.64. The molecule has 1 amide bonds. The summed E-state index contributed by atoms with van der Waals surface area (Å²) in [7, 11) is 0. The molecule has 7 heteroatoms. The number of halogens is 2. The normalized spacial score (nSPS) is 14.1. The van der Waals surface area contributed by atoms with Gasteiger partial charge in [-0.3, -0.25) is 4.79 Å². The van der Waals surface area contributed by atoms with E-state index in [0.717, 1.165) is 34.9 Å². The maximum atomic E-state index is 12.1. The number of hydrogen-bond acceptors (Lipinski definition) is 3. The van der Waals surface area contributed by atoms with Gasteiger partial charge in [-0.25, -0.2) is 4.98 Å². The van der Waals surface area contributed by atoms with Crippen LogP contribution in [0.2, 0.25) is 0 Å². The molecule has 0 radical (unpaired) electrons. The molecule has 0 unspecified atom stereocenters. The molecule has 0 bridgehead atoms. The van der Waals surface area contributed by atoms with Crippen LogP contribution in [0.15, 0.2) is 18.2 Å². The van der Waals surface area contributed by atoms with Crippen molar-refractivity contribution in [3.63, 3.8) is 0 Å². The molecule has 1 aromatic carbocycles. The first-order chi connectivity index (χ1) is 9.58. The monoisotopic (exact) mass is 340 g/mol. The molecule has 0 saturated heterocycles. The smallest absolute Gasteiger partial charge is 0.256 e. The lowest BCUT2D eigenvalue weighted by molar-refractivity contribution is -0.110. The number of carbonyl (C=O) groups is 1. The van der Waals surface area contributed by atoms with E-state index in [0.29, 0.717) is 11.3 Å². The minimum atomic E-state index is -0.119. The number of anilines is 2. The van der Waals surface area contributed by atoms with Crippen molar-refractivity contribution in [2.45, 2.75) is 20.3 Å². The fourth-order valence-electron chi connectivity index (χ4n) is 2.33. The number of nitrogens with zero attached hydrogens (tertiary/aromatic N) is 1. The quantitative estimate of drug-likeness (QED) is 0.579. The maximum absolute atomic E-state index is 12.1. The Hall–Kier alpha value is -1.98. The largest absolute Gasteiger partial charge is 0.399 e. The number of aryl methyl sites for hydroxylation is 2. The van der Waals surface area contributed by atoms with Gasteiger partial charge in [0.05, 0.1) is 11.3 Å². The average molecular weight is 341 g/mol. The van der Waals surface area contributed by atoms with E-state index in [4.69, 9.17) is 5.73 Å². The molecule has 0 atom stereocenters. The standard InChI is InChI=1S/C15H16N4O.2ClH/c1-3-14-17-8(2)13(18-14)7-11-10-6-9(16)4-5-12(10)19-15(11)20;;/h4-7H,3,16H2,1-2H3,(H,17,18)(H,19,20);2*1H/b11-7-;;. The van der Waals surface area contributed by atoms with Crippen LogP contribution in [-0.2, 0) is 11.2 Å². The van der Waals surface area contributed by atoms with Crippen LogP contribution < -0.4 is 11.1 Å². The Balaban J connectivity index is 0.00000121. The van der Waals surface area contributed by atoms with Crippen molar-refractivity contribution in [2.75, 3.05) is 11.1 Å². The zero-order valence-corrected chi connectivity index (χ0v) is 13.9. The van der Waals surface area contributed by atoms with Crippen LogP contribution in [0.4, 0.5) is 11.4 Å². The van der Waals surface area contributed by atoms with E-state index in [-0.39, 0.29) is 30.7 Å². The van der Waals surface area contributed by atoms with Gasteiger partial charge in [0.1, 0.15) is 5.82 Å². The van der Waals surface area contributed by atoms with Crippen LogP contribution in [0, 0.1) is 6.92 Å². The number of aromatic nitrogens is 2. The summed E-state index contributed by atoms with van der Waals surface area (Å²) >= 11 is 0. The molecule has 4 N–H and O–H groups in total. The number of nitrogens with one attached hydrogen (secondary N) is 2. The van der Waals surface area contributed by atoms with Gasteiger partial charge in [-0.15, -0.1) is 24.8 Å². The summed E-state index contributed by atoms with van der Waals surface area (Å²) in [5, 5.41) is 2.83. The van der Waals surface area contributed by atoms with Gasteiger partial charge in [-0.1, -0.05) is 6.92 Å². The third kappa shape index (κ3) is 3.10. The first kappa shape index (κ1) is 18.1. The van der Waals surface area contributed by atoms with E-state index in [1.54, 1.807) is 6.07 Å². The van der Waals surface area contributed by atoms with E-state index in [2.05, 4.69) is 15.3 Å². The fraction of sp³-hybridized carbons (Fsp3) is 0.200. The number of aromatic amines is 1. The number of amides is 1. The van der Waals surface area contributed by atoms with Gasteiger partial charge >= 0.3 is 0 Å². The zero-order valence-electron chi connectivity index (χ0n) is 12.3. The second-order valence-electron chi connectivity index (χ2n) is 4.86. The Morgan fingerprint density at radius 1 is 1.32 bits per heavy atom. The van der Waals surface area contributed by atoms with Crippen molar-refractivity contribution in [1.82, 2.24) is 9.97 Å². The molecular weight excluding hydrogens is 323 g/mol. The third-order valence-corrected chi connectivity index (χ3v) is 3.41. The highest BCUT2D eigenvalue weighted by Gasteiger charge is 2.24. The first-order valence-electron chi connectivity index (χ1n) is 6.57. The number of carbonyl (C=O) groups excluding carboxylic acids is 1. The first-order valence-corrected chi connectivity index (χ1v) is 6.57. The van der Waals surface area contributed by atoms with E-state index in [9.17, 15) is 4.79 Å². The van der Waals surface area contributed by atoms with Crippen molar-refractivity contribution in [3.8, 4) is 0 Å². The van der Waals surface area contributed by atoms with Crippen LogP contribution in [-0.4, -0.2) is 15.9 Å². The summed E-state index contributed by atoms with van der Waals surface area (Å²) in [5.41, 5.74) is 10.4. The number of imidazole rings is 1. The highest BCUT2D eigenvalue weighted by molar-refractivity contribution is 6.35. The number of fused-ring (bicyclic) bond motifs is 1. The Labute approximate surface area is 141 Å². The van der Waals surface area contributed by atoms with Gasteiger partial charge in [-0.2, -0.15) is 0 Å². The van der Waals surface area contributed by atoms with Gasteiger partial charge < -0.3 is 16.0 Å². The predicted molar refractivity (Wildman–Crippen MR) is 94.6 cm³/mol. The molecule has 0 aliphatic carbocycles. The molecule has 5 nitrogen and oxygen atoms in total. The molecule has 0 fully saturated rings. The number of benzene rings is 1. The Bertz CT molecular complexity index is 737. The van der Waals surface area contributed by atoms with Gasteiger partial charge in [-0.05, 0) is 31.2 Å². The molecule has 1 aliphatic heterocycles. The molecule has 118 valence electrons. The molecule has 3 rings (SSSR count). The van der Waals surface area contributed by atoms with E-state index in [1.807, 2.05) is 32.1 Å². The van der Waals surface area contributed by atoms with Crippen molar-refractivity contribution in [2.24, 2.45) is 0 Å². The molecule has 1 aromatic heterocycles. The number of H-pyrrole nitrogens is 1. The van der Waals surface area contributed by atoms with Gasteiger partial charge in [0.2, 0.25) is 0 Å². The van der Waals surface area contributed by atoms with Crippen LogP contribution in [0.1, 0.15) is 29.7 Å². The topological polar surface area (TPSA) is 83.8 Å². The number of rotatable bonds is 2. The Morgan fingerprint density at radius 3 is 2.68 bits per heavy atom. The minimum Gasteiger partial charge on any atom is -0.399 e. The van der Waals surface area contributed by atoms with Crippen LogP contribution in [0.3, 0.4) is 0 Å². The lowest BCUT2D eigenvalue weighted by Crippen LogP contribution is -2.03. The van der Waals surface area contributed by atoms with Crippen LogP contribution >= 0.6 is 24.8 Å². The fourth-order valence-corrected chi connectivity index (χ4v) is 2.33. The summed E-state index contributed by atoms with van der Waals surface area (Å²) in [4.78, 5) is 19.8. The molecule has 0 saturated carbocycles. The molecule has 2 heterocycles. The zero-order chi connectivity index (χ0) is 14.3. The van der Waals surface area contributed by atoms with E-state index >= 15 is 0 Å². The van der Waals surface area contributed by atoms with Crippen molar-refractivity contribution >= 4 is 53.7 Å². The highest BCUT2D eigenvalue weighted by Crippen LogP contribution is 2.34. The lowest BCUT2D eigenvalue weighted by Gasteiger charge is -1.99. The van der Waals surface area contributed by atoms with E-state index in [1.165, 1.54) is 0 Å². The number of nitrogens with two attached hydrogens (primary N) is 1. The summed E-state index contributed by atoms with van der Waals surface area (Å²) in [6, 6.07) is 5.40. The summed E-state index contributed by atoms with van der Waals surface area (Å²) < 4.78 is 0. The molecule has 0 spiro atoms. The van der Waals surface area contributed by atoms with Gasteiger partial charge in [0.25, 0.3) is 5.91 Å². The second kappa shape index (κ2) is 6.85. The molecular formula is C15H18Cl2N4O. The van der Waals surface area contributed by atoms with Gasteiger partial charge in [0.15, 0.2) is 0 Å². The lowest BCUT2D eigenvalue weighted by atomic mass is 10.0. The highest BCUT2D eigenvalue weighted by atomic mass is 35.5. The summed E-state index contributed by atoms with van der Waals surface area (Å²) in [6.45, 7) is 3.99. The van der Waals surface area contributed by atoms with Crippen molar-refractivity contribution in [3.05, 3.63) is 41.0 Å². The average Bonchev–Trinajstić information content (AvgIpc) is 2.92. The van der Waals surface area contributed by atoms with Crippen LogP contribution in [0.25, 0.3) is 11.6 Å². The SMILES string of the molecule is CCc1nc(/C=C2\C(=O)Nc3ccc(N)cc32)c(C)[nH]1.Cl.Cl. The van der Waals surface area contributed by atoms with Crippen LogP contribution in [0.5, 0.6) is 0 Å². The second-order valence-corrected chi connectivity index (χ2v) is 4.86. The van der Waals surface area contributed by atoms with E-state index < -0.39 is 0 Å². The number of hydrogen-bond donors (Lipinski definition) is 3. The Morgan fingerprint density at radius 2 is 2.05 bits per heavy atom. The van der Waals surface area contributed by atoms with Gasteiger partial charge in [0, 0.05) is 29.1 Å². The molecule has 22 heavy (non-hydrogen) atoms. The Kier molecular flexibility index (Phi) is 5.63. The minimum absolute atomic E-state index is 0. The number of nitrogen functional groups attached to an aromatic ring is 1. The predicted octanol–water partition coefficient (Wildman–Crippen LogP) is 3.20. The maximum Gasteiger partial charge on any atom is 0.256 e. The van der Waals surface area contributed by atoms with Crippen molar-refractivity contribution in [1.29, 1.82) is 0 Å². The third-order valence-electron chi connectivity index (χ3n) is 3.41. The molecule has 2 aromatic rings.